The van der Waals surface area contributed by atoms with Crippen molar-refractivity contribution in [3.8, 4) is 5.75 Å². The second kappa shape index (κ2) is 11.0. The van der Waals surface area contributed by atoms with Crippen LogP contribution < -0.4 is 4.74 Å². The van der Waals surface area contributed by atoms with Gasteiger partial charge in [-0.2, -0.15) is 0 Å². The van der Waals surface area contributed by atoms with Crippen molar-refractivity contribution in [1.29, 1.82) is 0 Å². The molecule has 0 radical (unpaired) electrons. The third kappa shape index (κ3) is 5.97. The predicted octanol–water partition coefficient (Wildman–Crippen LogP) is 8.04. The van der Waals surface area contributed by atoms with Crippen LogP contribution in [0.3, 0.4) is 0 Å². The Balaban J connectivity index is 1.43. The summed E-state index contributed by atoms with van der Waals surface area (Å²) < 4.78 is 20.5. The Morgan fingerprint density at radius 3 is 2.29 bits per heavy atom. The lowest BCUT2D eigenvalue weighted by atomic mass is 10.1. The third-order valence-corrected chi connectivity index (χ3v) is 7.97. The summed E-state index contributed by atoms with van der Waals surface area (Å²) in [5, 5.41) is 0.223. The molecule has 4 rings (SSSR count). The summed E-state index contributed by atoms with van der Waals surface area (Å²) in [7, 11) is 0. The number of benzene rings is 3. The van der Waals surface area contributed by atoms with Crippen LogP contribution in [0.5, 0.6) is 5.75 Å². The topological polar surface area (TPSA) is 46.6 Å². The summed E-state index contributed by atoms with van der Waals surface area (Å²) in [6.07, 6.45) is 0.371. The van der Waals surface area contributed by atoms with Crippen LogP contribution in [0.25, 0.3) is 0 Å². The Bertz CT molecular complexity index is 1240. The van der Waals surface area contributed by atoms with Crippen LogP contribution in [0.4, 0.5) is 9.18 Å². The first-order chi connectivity index (χ1) is 16.2. The second-order valence-electron chi connectivity index (χ2n) is 7.54. The fourth-order valence-corrected chi connectivity index (χ4v) is 6.42. The van der Waals surface area contributed by atoms with Gasteiger partial charge in [0.25, 0.3) is 5.24 Å². The van der Waals surface area contributed by atoms with Crippen molar-refractivity contribution in [2.24, 2.45) is 0 Å². The molecule has 10 heteroatoms. The smallest absolute Gasteiger partial charge is 0.289 e. The van der Waals surface area contributed by atoms with Gasteiger partial charge in [0.15, 0.2) is 0 Å². The number of amides is 2. The molecule has 0 aromatic heterocycles. The van der Waals surface area contributed by atoms with E-state index < -0.39 is 5.25 Å². The van der Waals surface area contributed by atoms with E-state index in [0.717, 1.165) is 22.9 Å². The van der Waals surface area contributed by atoms with Crippen LogP contribution in [-0.2, 0) is 24.4 Å². The molecule has 0 N–H and O–H groups in total. The molecule has 0 spiro atoms. The molecule has 0 saturated carbocycles. The molecule has 176 valence electrons. The number of thioether (sulfide) groups is 1. The molecule has 0 bridgehead atoms. The number of imide groups is 1. The van der Waals surface area contributed by atoms with E-state index >= 15 is 0 Å². The maximum atomic E-state index is 13.1. The third-order valence-electron chi connectivity index (χ3n) is 5.13. The largest absolute Gasteiger partial charge is 0.486 e. The van der Waals surface area contributed by atoms with E-state index in [2.05, 4.69) is 31.9 Å². The van der Waals surface area contributed by atoms with Crippen LogP contribution in [0.15, 0.2) is 63.5 Å². The van der Waals surface area contributed by atoms with Gasteiger partial charge < -0.3 is 4.74 Å². The summed E-state index contributed by atoms with van der Waals surface area (Å²) in [6, 6.07) is 14.7. The van der Waals surface area contributed by atoms with E-state index in [1.54, 1.807) is 30.3 Å². The quantitative estimate of drug-likeness (QED) is 0.260. The monoisotopic (exact) mass is 645 g/mol. The molecule has 2 amide bonds. The zero-order chi connectivity index (χ0) is 24.4. The molecule has 3 aromatic carbocycles. The molecule has 34 heavy (non-hydrogen) atoms. The van der Waals surface area contributed by atoms with Gasteiger partial charge in [0.2, 0.25) is 5.91 Å². The van der Waals surface area contributed by atoms with Gasteiger partial charge in [-0.1, -0.05) is 53.2 Å². The minimum Gasteiger partial charge on any atom is -0.486 e. The van der Waals surface area contributed by atoms with Crippen molar-refractivity contribution in [3.63, 3.8) is 0 Å². The van der Waals surface area contributed by atoms with Gasteiger partial charge in [0.1, 0.15) is 18.2 Å². The zero-order valence-corrected chi connectivity index (χ0v) is 22.9. The first-order valence-corrected chi connectivity index (χ1v) is 13.2. The molecule has 1 aliphatic heterocycles. The van der Waals surface area contributed by atoms with Gasteiger partial charge in [-0.3, -0.25) is 14.5 Å². The summed E-state index contributed by atoms with van der Waals surface area (Å²) in [5.41, 5.74) is 2.34. The molecule has 1 saturated heterocycles. The SMILES string of the molecule is O=C1S[C@@H](Cc2cc(Br)c(OCc3ccc(Cl)cc3Cl)c(Br)c2)C(=O)N1Cc1ccc(F)cc1. The minimum absolute atomic E-state index is 0.120. The van der Waals surface area contributed by atoms with Crippen molar-refractivity contribution < 1.29 is 18.7 Å². The number of hydrogen-bond acceptors (Lipinski definition) is 4. The van der Waals surface area contributed by atoms with Crippen molar-refractivity contribution in [2.45, 2.75) is 24.8 Å². The first-order valence-electron chi connectivity index (χ1n) is 10.0. The highest BCUT2D eigenvalue weighted by atomic mass is 79.9. The number of nitrogens with zero attached hydrogens (tertiary/aromatic N) is 1. The van der Waals surface area contributed by atoms with Crippen LogP contribution in [0.1, 0.15) is 16.7 Å². The fraction of sp³-hybridized carbons (Fsp3) is 0.167. The molecule has 1 aliphatic rings. The Morgan fingerprint density at radius 1 is 0.971 bits per heavy atom. The van der Waals surface area contributed by atoms with Crippen LogP contribution >= 0.6 is 66.8 Å². The molecule has 1 atom stereocenters. The normalized spacial score (nSPS) is 15.8. The molecule has 4 nitrogen and oxygen atoms in total. The number of carbonyl (C=O) groups excluding carboxylic acids is 2. The van der Waals surface area contributed by atoms with Crippen LogP contribution in [-0.4, -0.2) is 21.3 Å². The Kier molecular flexibility index (Phi) is 8.25. The van der Waals surface area contributed by atoms with Crippen LogP contribution in [0.2, 0.25) is 10.0 Å². The molecule has 0 unspecified atom stereocenters. The maximum absolute atomic E-state index is 13.1. The minimum atomic E-state index is -0.536. The average molecular weight is 648 g/mol. The van der Waals surface area contributed by atoms with Gasteiger partial charge in [-0.15, -0.1) is 0 Å². The van der Waals surface area contributed by atoms with Crippen molar-refractivity contribution >= 4 is 78.0 Å². The second-order valence-corrected chi connectivity index (χ2v) is 11.2. The molecular formula is C24H16Br2Cl2FNO3S. The molecular weight excluding hydrogens is 632 g/mol. The highest BCUT2D eigenvalue weighted by molar-refractivity contribution is 9.11. The number of hydrogen-bond donors (Lipinski definition) is 0. The molecule has 3 aromatic rings. The number of rotatable bonds is 7. The maximum Gasteiger partial charge on any atom is 0.289 e. The van der Waals surface area contributed by atoms with E-state index in [0.29, 0.717) is 36.7 Å². The van der Waals surface area contributed by atoms with Crippen LogP contribution in [0, 0.1) is 5.82 Å². The molecule has 1 fully saturated rings. The number of halogens is 5. The lowest BCUT2D eigenvalue weighted by molar-refractivity contribution is -0.127. The van der Waals surface area contributed by atoms with Gasteiger partial charge in [0.05, 0.1) is 20.7 Å². The predicted molar refractivity (Wildman–Crippen MR) is 140 cm³/mol. The Hall–Kier alpha value is -1.58. The Labute approximate surface area is 227 Å². The van der Waals surface area contributed by atoms with Crippen molar-refractivity contribution in [1.82, 2.24) is 4.90 Å². The van der Waals surface area contributed by atoms with Gasteiger partial charge in [0, 0.05) is 15.6 Å². The summed E-state index contributed by atoms with van der Waals surface area (Å²) in [6.45, 7) is 0.366. The number of carbonyl (C=O) groups is 2. The summed E-state index contributed by atoms with van der Waals surface area (Å²) >= 11 is 20.2. The lowest BCUT2D eigenvalue weighted by Crippen LogP contribution is -2.31. The standard InChI is InChI=1S/C24H16Br2Cl2FNO3S/c25-18-7-14(8-19(26)22(18)33-12-15-3-4-16(27)10-20(15)28)9-21-23(31)30(24(32)34-21)11-13-1-5-17(29)6-2-13/h1-8,10,21H,9,11-12H2/t21-/m0/s1. The summed E-state index contributed by atoms with van der Waals surface area (Å²) in [4.78, 5) is 26.5. The van der Waals surface area contributed by atoms with E-state index in [-0.39, 0.29) is 30.1 Å². The van der Waals surface area contributed by atoms with E-state index in [1.807, 2.05) is 12.1 Å². The van der Waals surface area contributed by atoms with E-state index in [1.165, 1.54) is 17.0 Å². The van der Waals surface area contributed by atoms with Gasteiger partial charge >= 0.3 is 0 Å². The summed E-state index contributed by atoms with van der Waals surface area (Å²) in [5.74, 6) is -0.0339. The van der Waals surface area contributed by atoms with E-state index in [4.69, 9.17) is 27.9 Å². The van der Waals surface area contributed by atoms with Gasteiger partial charge in [-0.25, -0.2) is 4.39 Å². The highest BCUT2D eigenvalue weighted by Crippen LogP contribution is 2.38. The van der Waals surface area contributed by atoms with Crippen molar-refractivity contribution in [2.75, 3.05) is 0 Å². The highest BCUT2D eigenvalue weighted by Gasteiger charge is 2.39. The molecule has 1 heterocycles. The first kappa shape index (κ1) is 25.5. The molecule has 0 aliphatic carbocycles. The Morgan fingerprint density at radius 2 is 1.65 bits per heavy atom. The van der Waals surface area contributed by atoms with E-state index in [9.17, 15) is 14.0 Å². The van der Waals surface area contributed by atoms with Gasteiger partial charge in [-0.05, 0) is 85.8 Å². The zero-order valence-electron chi connectivity index (χ0n) is 17.4. The number of ether oxygens (including phenoxy) is 1. The fourth-order valence-electron chi connectivity index (χ4n) is 3.41. The lowest BCUT2D eigenvalue weighted by Gasteiger charge is -2.15. The van der Waals surface area contributed by atoms with Crippen molar-refractivity contribution in [3.05, 3.63) is 96.1 Å². The average Bonchev–Trinajstić information content (AvgIpc) is 3.03.